The first kappa shape index (κ1) is 11.7. The van der Waals surface area contributed by atoms with Gasteiger partial charge in [-0.1, -0.05) is 12.1 Å². The van der Waals surface area contributed by atoms with Crippen LogP contribution in [0.25, 0.3) is 11.0 Å². The number of nitrogens with one attached hydrogen (secondary N) is 1. The van der Waals surface area contributed by atoms with Gasteiger partial charge in [0.2, 0.25) is 0 Å². The van der Waals surface area contributed by atoms with Gasteiger partial charge >= 0.3 is 0 Å². The van der Waals surface area contributed by atoms with Gasteiger partial charge in [-0.05, 0) is 25.0 Å². The van der Waals surface area contributed by atoms with E-state index in [4.69, 9.17) is 4.74 Å². The van der Waals surface area contributed by atoms with Crippen molar-refractivity contribution < 1.29 is 4.74 Å². The van der Waals surface area contributed by atoms with E-state index in [0.717, 1.165) is 43.9 Å². The minimum absolute atomic E-state index is 0.568. The Kier molecular flexibility index (Phi) is 3.30. The number of aryl methyl sites for hydroxylation is 1. The summed E-state index contributed by atoms with van der Waals surface area (Å²) in [6.07, 6.45) is 2.20. The number of rotatable bonds is 3. The zero-order valence-corrected chi connectivity index (χ0v) is 10.7. The Morgan fingerprint density at radius 3 is 2.89 bits per heavy atom. The first-order chi connectivity index (χ1) is 8.84. The molecule has 1 aromatic heterocycles. The van der Waals surface area contributed by atoms with Gasteiger partial charge in [-0.15, -0.1) is 0 Å². The molecule has 2 aromatic rings. The van der Waals surface area contributed by atoms with E-state index in [1.54, 1.807) is 0 Å². The molecular weight excluding hydrogens is 226 g/mol. The molecule has 1 aromatic carbocycles. The molecule has 0 bridgehead atoms. The predicted octanol–water partition coefficient (Wildman–Crippen LogP) is 1.84. The van der Waals surface area contributed by atoms with Gasteiger partial charge in [0.1, 0.15) is 5.82 Å². The smallest absolute Gasteiger partial charge is 0.123 e. The summed E-state index contributed by atoms with van der Waals surface area (Å²) in [6, 6.07) is 8.83. The van der Waals surface area contributed by atoms with Crippen LogP contribution in [0.15, 0.2) is 24.3 Å². The number of nitrogens with zero attached hydrogens (tertiary/aromatic N) is 2. The van der Waals surface area contributed by atoms with Gasteiger partial charge in [0, 0.05) is 26.3 Å². The second-order valence-corrected chi connectivity index (χ2v) is 4.84. The van der Waals surface area contributed by atoms with Gasteiger partial charge in [-0.2, -0.15) is 0 Å². The molecule has 1 aliphatic heterocycles. The second-order valence-electron chi connectivity index (χ2n) is 4.84. The number of hydrogen-bond acceptors (Lipinski definition) is 3. The molecular formula is C14H19N3O. The van der Waals surface area contributed by atoms with Crippen LogP contribution in [-0.2, 0) is 18.3 Å². The predicted molar refractivity (Wildman–Crippen MR) is 71.4 cm³/mol. The van der Waals surface area contributed by atoms with Crippen LogP contribution in [0.3, 0.4) is 0 Å². The summed E-state index contributed by atoms with van der Waals surface area (Å²) >= 11 is 0. The van der Waals surface area contributed by atoms with Crippen LogP contribution in [-0.4, -0.2) is 28.8 Å². The highest BCUT2D eigenvalue weighted by molar-refractivity contribution is 5.75. The lowest BCUT2D eigenvalue weighted by Crippen LogP contribution is -2.34. The van der Waals surface area contributed by atoms with Crippen LogP contribution in [0.4, 0.5) is 0 Å². The summed E-state index contributed by atoms with van der Waals surface area (Å²) in [7, 11) is 2.08. The number of imidazole rings is 1. The molecule has 2 heterocycles. The highest BCUT2D eigenvalue weighted by atomic mass is 16.5. The van der Waals surface area contributed by atoms with Gasteiger partial charge in [0.25, 0.3) is 0 Å². The molecule has 1 N–H and O–H groups in total. The van der Waals surface area contributed by atoms with E-state index in [-0.39, 0.29) is 0 Å². The monoisotopic (exact) mass is 245 g/mol. The molecule has 0 radical (unpaired) electrons. The maximum Gasteiger partial charge on any atom is 0.123 e. The Balaban J connectivity index is 1.72. The van der Waals surface area contributed by atoms with Crippen molar-refractivity contribution in [2.45, 2.75) is 25.4 Å². The van der Waals surface area contributed by atoms with Crippen LogP contribution in [0, 0.1) is 0 Å². The summed E-state index contributed by atoms with van der Waals surface area (Å²) in [5, 5.41) is 3.58. The van der Waals surface area contributed by atoms with Crippen molar-refractivity contribution in [3.05, 3.63) is 30.1 Å². The van der Waals surface area contributed by atoms with Gasteiger partial charge in [0.05, 0.1) is 17.6 Å². The zero-order valence-electron chi connectivity index (χ0n) is 10.7. The highest BCUT2D eigenvalue weighted by Gasteiger charge is 2.14. The fraction of sp³-hybridized carbons (Fsp3) is 0.500. The number of para-hydroxylation sites is 2. The Hall–Kier alpha value is -1.39. The molecule has 18 heavy (non-hydrogen) atoms. The molecule has 0 saturated carbocycles. The lowest BCUT2D eigenvalue weighted by atomic mass is 10.1. The molecule has 96 valence electrons. The van der Waals surface area contributed by atoms with Gasteiger partial charge < -0.3 is 14.6 Å². The van der Waals surface area contributed by atoms with Crippen molar-refractivity contribution in [3.63, 3.8) is 0 Å². The van der Waals surface area contributed by atoms with Crippen LogP contribution in [0.2, 0.25) is 0 Å². The maximum atomic E-state index is 5.36. The van der Waals surface area contributed by atoms with Gasteiger partial charge in [-0.25, -0.2) is 4.98 Å². The summed E-state index contributed by atoms with van der Waals surface area (Å²) in [5.74, 6) is 1.10. The SMILES string of the molecule is Cn1c(CNC2CCOCC2)nc2ccccc21. The third kappa shape index (κ3) is 2.26. The zero-order chi connectivity index (χ0) is 12.4. The molecule has 4 heteroatoms. The molecule has 0 amide bonds. The third-order valence-corrected chi connectivity index (χ3v) is 3.65. The van der Waals surface area contributed by atoms with Crippen molar-refractivity contribution in [2.75, 3.05) is 13.2 Å². The summed E-state index contributed by atoms with van der Waals surface area (Å²) < 4.78 is 7.53. The van der Waals surface area contributed by atoms with Crippen LogP contribution >= 0.6 is 0 Å². The fourth-order valence-electron chi connectivity index (χ4n) is 2.49. The minimum atomic E-state index is 0.568. The van der Waals surface area contributed by atoms with Crippen molar-refractivity contribution in [2.24, 2.45) is 7.05 Å². The number of hydrogen-bond donors (Lipinski definition) is 1. The molecule has 0 atom stereocenters. The first-order valence-electron chi connectivity index (χ1n) is 6.56. The first-order valence-corrected chi connectivity index (χ1v) is 6.56. The molecule has 0 spiro atoms. The van der Waals surface area contributed by atoms with E-state index in [1.165, 1.54) is 5.52 Å². The largest absolute Gasteiger partial charge is 0.381 e. The van der Waals surface area contributed by atoms with E-state index >= 15 is 0 Å². The molecule has 0 aliphatic carbocycles. The summed E-state index contributed by atoms with van der Waals surface area (Å²) in [6.45, 7) is 2.58. The Bertz CT molecular complexity index is 529. The average Bonchev–Trinajstić information content (AvgIpc) is 2.75. The number of benzene rings is 1. The van der Waals surface area contributed by atoms with E-state index in [0.29, 0.717) is 6.04 Å². The molecule has 3 rings (SSSR count). The highest BCUT2D eigenvalue weighted by Crippen LogP contribution is 2.14. The second kappa shape index (κ2) is 5.08. The molecule has 1 saturated heterocycles. The molecule has 1 fully saturated rings. The van der Waals surface area contributed by atoms with Crippen LogP contribution < -0.4 is 5.32 Å². The standard InChI is InChI=1S/C14H19N3O/c1-17-13-5-3-2-4-12(13)16-14(17)10-15-11-6-8-18-9-7-11/h2-5,11,15H,6-10H2,1H3. The summed E-state index contributed by atoms with van der Waals surface area (Å²) in [4.78, 5) is 4.67. The number of ether oxygens (including phenoxy) is 1. The quantitative estimate of drug-likeness (QED) is 0.897. The van der Waals surface area contributed by atoms with Crippen molar-refractivity contribution in [3.8, 4) is 0 Å². The van der Waals surface area contributed by atoms with Gasteiger partial charge in [-0.3, -0.25) is 0 Å². The van der Waals surface area contributed by atoms with E-state index in [9.17, 15) is 0 Å². The topological polar surface area (TPSA) is 39.1 Å². The lowest BCUT2D eigenvalue weighted by Gasteiger charge is -2.22. The van der Waals surface area contributed by atoms with E-state index in [1.807, 2.05) is 6.07 Å². The van der Waals surface area contributed by atoms with E-state index in [2.05, 4.69) is 40.1 Å². The molecule has 4 nitrogen and oxygen atoms in total. The fourth-order valence-corrected chi connectivity index (χ4v) is 2.49. The van der Waals surface area contributed by atoms with Crippen LogP contribution in [0.5, 0.6) is 0 Å². The number of fused-ring (bicyclic) bond motifs is 1. The van der Waals surface area contributed by atoms with Crippen molar-refractivity contribution in [1.82, 2.24) is 14.9 Å². The maximum absolute atomic E-state index is 5.36. The van der Waals surface area contributed by atoms with Crippen molar-refractivity contribution >= 4 is 11.0 Å². The normalized spacial score (nSPS) is 17.4. The number of aromatic nitrogens is 2. The van der Waals surface area contributed by atoms with Crippen molar-refractivity contribution in [1.29, 1.82) is 0 Å². The molecule has 0 unspecified atom stereocenters. The van der Waals surface area contributed by atoms with Gasteiger partial charge in [0.15, 0.2) is 0 Å². The van der Waals surface area contributed by atoms with Crippen LogP contribution in [0.1, 0.15) is 18.7 Å². The van der Waals surface area contributed by atoms with E-state index < -0.39 is 0 Å². The average molecular weight is 245 g/mol. The Morgan fingerprint density at radius 2 is 2.11 bits per heavy atom. The Morgan fingerprint density at radius 1 is 1.33 bits per heavy atom. The lowest BCUT2D eigenvalue weighted by molar-refractivity contribution is 0.0774. The Labute approximate surface area is 107 Å². The minimum Gasteiger partial charge on any atom is -0.381 e. The summed E-state index contributed by atoms with van der Waals surface area (Å²) in [5.41, 5.74) is 2.27. The molecule has 1 aliphatic rings. The third-order valence-electron chi connectivity index (χ3n) is 3.65.